The fourth-order valence-corrected chi connectivity index (χ4v) is 1.35. The van der Waals surface area contributed by atoms with Gasteiger partial charge in [0.2, 0.25) is 0 Å². The lowest BCUT2D eigenvalue weighted by Gasteiger charge is -2.16. The molecule has 0 spiro atoms. The molecule has 0 aromatic carbocycles. The predicted molar refractivity (Wildman–Crippen MR) is 50.5 cm³/mol. The summed E-state index contributed by atoms with van der Waals surface area (Å²) >= 11 is 4.71. The van der Waals surface area contributed by atoms with E-state index in [1.807, 2.05) is 5.32 Å². The number of hydrogen-bond donors (Lipinski definition) is 4. The molecule has 0 bridgehead atoms. The zero-order valence-electron chi connectivity index (χ0n) is 6.99. The number of carboxylic acid groups (broad SMARTS) is 1. The number of carbonyl (C=O) groups is 1. The van der Waals surface area contributed by atoms with Crippen molar-refractivity contribution >= 4 is 23.4 Å². The third kappa shape index (κ3) is 3.56. The van der Waals surface area contributed by atoms with Crippen LogP contribution in [0.5, 0.6) is 0 Å². The minimum absolute atomic E-state index is 0.0217. The second-order valence-electron chi connectivity index (χ2n) is 3.03. The zero-order chi connectivity index (χ0) is 9.84. The van der Waals surface area contributed by atoms with Crippen molar-refractivity contribution in [3.63, 3.8) is 0 Å². The Morgan fingerprint density at radius 2 is 2.23 bits per heavy atom. The Morgan fingerprint density at radius 1 is 1.62 bits per heavy atom. The standard InChI is InChI=1S/C7H12N2O3S/c10-3-5(4-1-2-4)8-6(13)9-7(11)12/h4-5,10H,1-3H2,(H,11,12)(H2,8,9,13). The molecule has 74 valence electrons. The largest absolute Gasteiger partial charge is 0.465 e. The number of nitrogens with one attached hydrogen (secondary N) is 2. The van der Waals surface area contributed by atoms with Gasteiger partial charge < -0.3 is 15.5 Å². The molecule has 1 aliphatic rings. The first-order valence-electron chi connectivity index (χ1n) is 4.04. The Bertz CT molecular complexity index is 218. The summed E-state index contributed by atoms with van der Waals surface area (Å²) in [5.74, 6) is 0.429. The molecule has 0 aromatic rings. The minimum Gasteiger partial charge on any atom is -0.465 e. The number of thiocarbonyl (C=S) groups is 1. The van der Waals surface area contributed by atoms with Crippen LogP contribution in [0.3, 0.4) is 0 Å². The Kier molecular flexibility index (Phi) is 3.44. The van der Waals surface area contributed by atoms with Gasteiger partial charge in [-0.25, -0.2) is 4.79 Å². The Labute approximate surface area is 81.1 Å². The molecule has 1 fully saturated rings. The van der Waals surface area contributed by atoms with Crippen molar-refractivity contribution in [3.05, 3.63) is 0 Å². The van der Waals surface area contributed by atoms with Crippen LogP contribution in [0.1, 0.15) is 12.8 Å². The van der Waals surface area contributed by atoms with Gasteiger partial charge in [0.05, 0.1) is 12.6 Å². The molecular formula is C7H12N2O3S. The fourth-order valence-electron chi connectivity index (χ4n) is 1.11. The number of aliphatic hydroxyl groups is 1. The smallest absolute Gasteiger partial charge is 0.410 e. The molecule has 0 aliphatic heterocycles. The highest BCUT2D eigenvalue weighted by atomic mass is 32.1. The summed E-state index contributed by atoms with van der Waals surface area (Å²) in [4.78, 5) is 10.2. The molecule has 0 aromatic heterocycles. The summed E-state index contributed by atoms with van der Waals surface area (Å²) in [7, 11) is 0. The average molecular weight is 204 g/mol. The monoisotopic (exact) mass is 204 g/mol. The van der Waals surface area contributed by atoms with Crippen molar-refractivity contribution in [2.24, 2.45) is 5.92 Å². The molecule has 6 heteroatoms. The van der Waals surface area contributed by atoms with Crippen LogP contribution in [0.2, 0.25) is 0 Å². The highest BCUT2D eigenvalue weighted by molar-refractivity contribution is 7.80. The lowest BCUT2D eigenvalue weighted by atomic mass is 10.2. The molecular weight excluding hydrogens is 192 g/mol. The van der Waals surface area contributed by atoms with Gasteiger partial charge in [0.15, 0.2) is 5.11 Å². The highest BCUT2D eigenvalue weighted by Crippen LogP contribution is 2.32. The van der Waals surface area contributed by atoms with E-state index in [9.17, 15) is 4.79 Å². The van der Waals surface area contributed by atoms with Gasteiger partial charge in [-0.3, -0.25) is 5.32 Å². The predicted octanol–water partition coefficient (Wildman–Crippen LogP) is -0.101. The van der Waals surface area contributed by atoms with Crippen LogP contribution in [-0.4, -0.2) is 34.1 Å². The number of aliphatic hydroxyl groups excluding tert-OH is 1. The quantitative estimate of drug-likeness (QED) is 0.483. The van der Waals surface area contributed by atoms with E-state index in [4.69, 9.17) is 22.4 Å². The molecule has 1 saturated carbocycles. The molecule has 1 unspecified atom stereocenters. The maximum Gasteiger partial charge on any atom is 0.410 e. The molecule has 0 radical (unpaired) electrons. The first-order valence-corrected chi connectivity index (χ1v) is 4.45. The van der Waals surface area contributed by atoms with E-state index < -0.39 is 6.09 Å². The second-order valence-corrected chi connectivity index (χ2v) is 3.44. The average Bonchev–Trinajstić information content (AvgIpc) is 2.81. The van der Waals surface area contributed by atoms with E-state index in [1.165, 1.54) is 0 Å². The van der Waals surface area contributed by atoms with Crippen LogP contribution in [0.25, 0.3) is 0 Å². The van der Waals surface area contributed by atoms with E-state index in [0.717, 1.165) is 12.8 Å². The lowest BCUT2D eigenvalue weighted by Crippen LogP contribution is -2.46. The van der Waals surface area contributed by atoms with Crippen molar-refractivity contribution in [1.82, 2.24) is 10.6 Å². The van der Waals surface area contributed by atoms with Gasteiger partial charge in [-0.15, -0.1) is 0 Å². The van der Waals surface area contributed by atoms with Crippen LogP contribution < -0.4 is 10.6 Å². The number of hydrogen-bond acceptors (Lipinski definition) is 3. The van der Waals surface area contributed by atoms with E-state index >= 15 is 0 Å². The van der Waals surface area contributed by atoms with Gasteiger partial charge in [-0.2, -0.15) is 0 Å². The SMILES string of the molecule is O=C(O)NC(=S)NC(CO)C1CC1. The molecule has 1 rings (SSSR count). The van der Waals surface area contributed by atoms with Crippen molar-refractivity contribution in [2.45, 2.75) is 18.9 Å². The maximum absolute atomic E-state index is 10.2. The topological polar surface area (TPSA) is 81.6 Å². The van der Waals surface area contributed by atoms with E-state index in [2.05, 4.69) is 5.32 Å². The van der Waals surface area contributed by atoms with Crippen molar-refractivity contribution in [1.29, 1.82) is 0 Å². The number of rotatable bonds is 3. The van der Waals surface area contributed by atoms with E-state index in [1.54, 1.807) is 0 Å². The first-order chi connectivity index (χ1) is 6.13. The molecule has 1 aliphatic carbocycles. The van der Waals surface area contributed by atoms with Gasteiger partial charge in [0, 0.05) is 0 Å². The van der Waals surface area contributed by atoms with Crippen LogP contribution in [0.4, 0.5) is 4.79 Å². The second kappa shape index (κ2) is 4.38. The summed E-state index contributed by atoms with van der Waals surface area (Å²) in [6.45, 7) is -0.0217. The highest BCUT2D eigenvalue weighted by Gasteiger charge is 2.31. The molecule has 13 heavy (non-hydrogen) atoms. The van der Waals surface area contributed by atoms with E-state index in [0.29, 0.717) is 5.92 Å². The lowest BCUT2D eigenvalue weighted by molar-refractivity contribution is 0.199. The van der Waals surface area contributed by atoms with Gasteiger partial charge >= 0.3 is 6.09 Å². The van der Waals surface area contributed by atoms with Crippen LogP contribution in [0.15, 0.2) is 0 Å². The summed E-state index contributed by atoms with van der Waals surface area (Å²) in [6.07, 6.45) is 0.937. The van der Waals surface area contributed by atoms with E-state index in [-0.39, 0.29) is 17.8 Å². The van der Waals surface area contributed by atoms with Crippen LogP contribution in [-0.2, 0) is 0 Å². The minimum atomic E-state index is -1.19. The van der Waals surface area contributed by atoms with Gasteiger partial charge in [-0.1, -0.05) is 0 Å². The van der Waals surface area contributed by atoms with Crippen LogP contribution in [0, 0.1) is 5.92 Å². The Balaban J connectivity index is 2.28. The van der Waals surface area contributed by atoms with Crippen molar-refractivity contribution < 1.29 is 15.0 Å². The van der Waals surface area contributed by atoms with Crippen molar-refractivity contribution in [2.75, 3.05) is 6.61 Å². The van der Waals surface area contributed by atoms with Gasteiger partial charge in [0.1, 0.15) is 0 Å². The summed E-state index contributed by atoms with van der Waals surface area (Å²) in [6, 6.07) is -0.112. The molecule has 0 saturated heterocycles. The summed E-state index contributed by atoms with van der Waals surface area (Å²) in [5.41, 5.74) is 0. The first kappa shape index (κ1) is 10.2. The molecule has 1 atom stereocenters. The maximum atomic E-state index is 10.2. The van der Waals surface area contributed by atoms with Gasteiger partial charge in [0.25, 0.3) is 0 Å². The number of amides is 1. The molecule has 4 N–H and O–H groups in total. The summed E-state index contributed by atoms with van der Waals surface area (Å²) in [5, 5.41) is 22.1. The third-order valence-electron chi connectivity index (χ3n) is 1.92. The summed E-state index contributed by atoms with van der Waals surface area (Å²) < 4.78 is 0. The zero-order valence-corrected chi connectivity index (χ0v) is 7.80. The van der Waals surface area contributed by atoms with Gasteiger partial charge in [-0.05, 0) is 31.0 Å². The Morgan fingerprint density at radius 3 is 2.62 bits per heavy atom. The fraction of sp³-hybridized carbons (Fsp3) is 0.714. The molecule has 1 amide bonds. The molecule has 0 heterocycles. The van der Waals surface area contributed by atoms with Crippen LogP contribution >= 0.6 is 12.2 Å². The Hall–Kier alpha value is -0.880. The normalized spacial score (nSPS) is 17.6. The van der Waals surface area contributed by atoms with Crippen molar-refractivity contribution in [3.8, 4) is 0 Å². The third-order valence-corrected chi connectivity index (χ3v) is 2.14. The molecule has 5 nitrogen and oxygen atoms in total.